The van der Waals surface area contributed by atoms with E-state index in [2.05, 4.69) is 10.1 Å². The van der Waals surface area contributed by atoms with E-state index >= 15 is 0 Å². The monoisotopic (exact) mass is 299 g/mol. The number of nitrogens with zero attached hydrogens (tertiary/aromatic N) is 3. The van der Waals surface area contributed by atoms with E-state index in [1.165, 1.54) is 0 Å². The predicted octanol–water partition coefficient (Wildman–Crippen LogP) is 2.25. The molecule has 0 radical (unpaired) electrons. The van der Waals surface area contributed by atoms with Crippen LogP contribution >= 0.6 is 0 Å². The second kappa shape index (κ2) is 6.32. The molecule has 5 heteroatoms. The van der Waals surface area contributed by atoms with Crippen LogP contribution in [-0.4, -0.2) is 47.0 Å². The van der Waals surface area contributed by atoms with E-state index in [9.17, 15) is 4.79 Å². The first-order chi connectivity index (χ1) is 10.6. The summed E-state index contributed by atoms with van der Waals surface area (Å²) in [6.07, 6.45) is 0. The standard InChI is InChI=1S/C17H21N3O2/c1-13-4-3-5-15(10-13)17(21)20-8-6-19(7-9-20)12-16-11-14(2)22-18-16/h3-5,10-11H,6-9,12H2,1-2H3. The number of piperazine rings is 1. The van der Waals surface area contributed by atoms with Crippen molar-refractivity contribution in [3.63, 3.8) is 0 Å². The maximum Gasteiger partial charge on any atom is 0.253 e. The number of carbonyl (C=O) groups excluding carboxylic acids is 1. The fourth-order valence-electron chi connectivity index (χ4n) is 2.79. The highest BCUT2D eigenvalue weighted by molar-refractivity contribution is 5.94. The van der Waals surface area contributed by atoms with Gasteiger partial charge in [-0.25, -0.2) is 0 Å². The van der Waals surface area contributed by atoms with Crippen molar-refractivity contribution in [2.75, 3.05) is 26.2 Å². The van der Waals surface area contributed by atoms with Gasteiger partial charge in [0.25, 0.3) is 5.91 Å². The van der Waals surface area contributed by atoms with Gasteiger partial charge in [-0.1, -0.05) is 22.9 Å². The largest absolute Gasteiger partial charge is 0.361 e. The van der Waals surface area contributed by atoms with E-state index in [-0.39, 0.29) is 5.91 Å². The van der Waals surface area contributed by atoms with Crippen LogP contribution in [0.25, 0.3) is 0 Å². The smallest absolute Gasteiger partial charge is 0.253 e. The lowest BCUT2D eigenvalue weighted by Gasteiger charge is -2.34. The van der Waals surface area contributed by atoms with Crippen LogP contribution in [-0.2, 0) is 6.54 Å². The molecule has 2 heterocycles. The van der Waals surface area contributed by atoms with Crippen molar-refractivity contribution in [3.05, 3.63) is 52.9 Å². The molecule has 1 aromatic heterocycles. The second-order valence-corrected chi connectivity index (χ2v) is 5.87. The molecule has 0 unspecified atom stereocenters. The molecule has 1 amide bonds. The molecule has 0 bridgehead atoms. The van der Waals surface area contributed by atoms with Gasteiger partial charge in [0.1, 0.15) is 5.76 Å². The normalized spacial score (nSPS) is 16.0. The SMILES string of the molecule is Cc1cccc(C(=O)N2CCN(Cc3cc(C)on3)CC2)c1. The van der Waals surface area contributed by atoms with E-state index in [1.807, 2.05) is 49.1 Å². The predicted molar refractivity (Wildman–Crippen MR) is 83.6 cm³/mol. The zero-order valence-electron chi connectivity index (χ0n) is 13.1. The summed E-state index contributed by atoms with van der Waals surface area (Å²) in [4.78, 5) is 16.7. The molecule has 0 atom stereocenters. The highest BCUT2D eigenvalue weighted by Crippen LogP contribution is 2.12. The van der Waals surface area contributed by atoms with E-state index in [0.717, 1.165) is 55.3 Å². The Morgan fingerprint density at radius 1 is 1.18 bits per heavy atom. The Kier molecular flexibility index (Phi) is 4.24. The van der Waals surface area contributed by atoms with Gasteiger partial charge in [0.2, 0.25) is 0 Å². The first-order valence-corrected chi connectivity index (χ1v) is 7.62. The minimum atomic E-state index is 0.126. The molecule has 1 aromatic carbocycles. The Bertz CT molecular complexity index is 657. The highest BCUT2D eigenvalue weighted by Gasteiger charge is 2.22. The van der Waals surface area contributed by atoms with Crippen molar-refractivity contribution in [2.24, 2.45) is 0 Å². The van der Waals surface area contributed by atoms with Crippen molar-refractivity contribution in [2.45, 2.75) is 20.4 Å². The average molecular weight is 299 g/mol. The van der Waals surface area contributed by atoms with Crippen LogP contribution in [0.2, 0.25) is 0 Å². The van der Waals surface area contributed by atoms with Crippen LogP contribution < -0.4 is 0 Å². The molecule has 0 aliphatic carbocycles. The van der Waals surface area contributed by atoms with Crippen LogP contribution in [0.4, 0.5) is 0 Å². The van der Waals surface area contributed by atoms with Crippen molar-refractivity contribution < 1.29 is 9.32 Å². The number of benzene rings is 1. The quantitative estimate of drug-likeness (QED) is 0.872. The third-order valence-corrected chi connectivity index (χ3v) is 3.99. The van der Waals surface area contributed by atoms with Gasteiger partial charge in [-0.2, -0.15) is 0 Å². The molecule has 0 saturated carbocycles. The summed E-state index contributed by atoms with van der Waals surface area (Å²) in [7, 11) is 0. The van der Waals surface area contributed by atoms with Crippen LogP contribution in [0.5, 0.6) is 0 Å². The lowest BCUT2D eigenvalue weighted by molar-refractivity contribution is 0.0625. The minimum Gasteiger partial charge on any atom is -0.361 e. The molecular weight excluding hydrogens is 278 g/mol. The summed E-state index contributed by atoms with van der Waals surface area (Å²) in [5.74, 6) is 0.962. The van der Waals surface area contributed by atoms with Gasteiger partial charge in [-0.3, -0.25) is 9.69 Å². The first-order valence-electron chi connectivity index (χ1n) is 7.62. The van der Waals surface area contributed by atoms with Gasteiger partial charge in [-0.05, 0) is 26.0 Å². The summed E-state index contributed by atoms with van der Waals surface area (Å²) in [5, 5.41) is 4.02. The zero-order valence-corrected chi connectivity index (χ0v) is 13.1. The summed E-state index contributed by atoms with van der Waals surface area (Å²) in [5.41, 5.74) is 2.85. The van der Waals surface area contributed by atoms with Gasteiger partial charge in [-0.15, -0.1) is 0 Å². The van der Waals surface area contributed by atoms with Crippen LogP contribution in [0.3, 0.4) is 0 Å². The molecule has 3 rings (SSSR count). The second-order valence-electron chi connectivity index (χ2n) is 5.87. The Morgan fingerprint density at radius 2 is 1.95 bits per heavy atom. The van der Waals surface area contributed by atoms with Crippen LogP contribution in [0, 0.1) is 13.8 Å². The number of hydrogen-bond donors (Lipinski definition) is 0. The van der Waals surface area contributed by atoms with E-state index in [1.54, 1.807) is 0 Å². The summed E-state index contributed by atoms with van der Waals surface area (Å²) in [6.45, 7) is 7.92. The molecule has 1 saturated heterocycles. The summed E-state index contributed by atoms with van der Waals surface area (Å²) in [6, 6.07) is 9.75. The molecule has 1 fully saturated rings. The highest BCUT2D eigenvalue weighted by atomic mass is 16.5. The Hall–Kier alpha value is -2.14. The van der Waals surface area contributed by atoms with Crippen molar-refractivity contribution in [1.29, 1.82) is 0 Å². The van der Waals surface area contributed by atoms with E-state index < -0.39 is 0 Å². The minimum absolute atomic E-state index is 0.126. The van der Waals surface area contributed by atoms with Gasteiger partial charge < -0.3 is 9.42 Å². The van der Waals surface area contributed by atoms with Crippen molar-refractivity contribution in [1.82, 2.24) is 15.0 Å². The molecular formula is C17H21N3O2. The molecule has 116 valence electrons. The zero-order chi connectivity index (χ0) is 15.5. The number of rotatable bonds is 3. The van der Waals surface area contributed by atoms with Crippen molar-refractivity contribution in [3.8, 4) is 0 Å². The third kappa shape index (κ3) is 3.36. The molecule has 22 heavy (non-hydrogen) atoms. The lowest BCUT2D eigenvalue weighted by Crippen LogP contribution is -2.48. The van der Waals surface area contributed by atoms with E-state index in [0.29, 0.717) is 0 Å². The Morgan fingerprint density at radius 3 is 2.59 bits per heavy atom. The van der Waals surface area contributed by atoms with E-state index in [4.69, 9.17) is 4.52 Å². The number of carbonyl (C=O) groups is 1. The number of aryl methyl sites for hydroxylation is 2. The Labute approximate surface area is 130 Å². The third-order valence-electron chi connectivity index (χ3n) is 3.99. The topological polar surface area (TPSA) is 49.6 Å². The van der Waals surface area contributed by atoms with Gasteiger partial charge in [0.15, 0.2) is 0 Å². The number of aromatic nitrogens is 1. The number of hydrogen-bond acceptors (Lipinski definition) is 4. The maximum atomic E-state index is 12.5. The van der Waals surface area contributed by atoms with Crippen molar-refractivity contribution >= 4 is 5.91 Å². The fraction of sp³-hybridized carbons (Fsp3) is 0.412. The molecule has 1 aliphatic heterocycles. The van der Waals surface area contributed by atoms with Crippen LogP contribution in [0.1, 0.15) is 27.4 Å². The van der Waals surface area contributed by atoms with Gasteiger partial charge >= 0.3 is 0 Å². The lowest BCUT2D eigenvalue weighted by atomic mass is 10.1. The van der Waals surface area contributed by atoms with Crippen LogP contribution in [0.15, 0.2) is 34.9 Å². The fourth-order valence-corrected chi connectivity index (χ4v) is 2.79. The molecule has 0 N–H and O–H groups in total. The molecule has 1 aliphatic rings. The first kappa shape index (κ1) is 14.8. The van der Waals surface area contributed by atoms with Gasteiger partial charge in [0, 0.05) is 44.4 Å². The number of amides is 1. The molecule has 5 nitrogen and oxygen atoms in total. The Balaban J connectivity index is 1.56. The summed E-state index contributed by atoms with van der Waals surface area (Å²) >= 11 is 0. The maximum absolute atomic E-state index is 12.5. The average Bonchev–Trinajstić information content (AvgIpc) is 2.92. The van der Waals surface area contributed by atoms with Gasteiger partial charge in [0.05, 0.1) is 5.69 Å². The molecule has 2 aromatic rings. The molecule has 0 spiro atoms. The summed E-state index contributed by atoms with van der Waals surface area (Å²) < 4.78 is 5.09.